The van der Waals surface area contributed by atoms with E-state index >= 15 is 0 Å². The molecule has 0 aliphatic heterocycles. The number of ether oxygens (including phenoxy) is 1. The lowest BCUT2D eigenvalue weighted by atomic mass is 10.3. The number of nitrogens with zero attached hydrogens (tertiary/aromatic N) is 2. The zero-order valence-corrected chi connectivity index (χ0v) is 17.2. The third-order valence-electron chi connectivity index (χ3n) is 3.45. The van der Waals surface area contributed by atoms with E-state index in [0.717, 1.165) is 4.47 Å². The summed E-state index contributed by atoms with van der Waals surface area (Å²) >= 11 is 4.54. The Bertz CT molecular complexity index is 767. The number of carbonyl (C=O) groups is 2. The zero-order valence-electron chi connectivity index (χ0n) is 14.8. The molecule has 27 heavy (non-hydrogen) atoms. The van der Waals surface area contributed by atoms with Crippen molar-refractivity contribution >= 4 is 45.2 Å². The van der Waals surface area contributed by atoms with Gasteiger partial charge in [0.2, 0.25) is 11.8 Å². The topological polar surface area (TPSA) is 105 Å². The number of hydrogen-bond acceptors (Lipinski definition) is 6. The van der Waals surface area contributed by atoms with Gasteiger partial charge in [-0.15, -0.1) is 0 Å². The van der Waals surface area contributed by atoms with E-state index < -0.39 is 0 Å². The van der Waals surface area contributed by atoms with Crippen molar-refractivity contribution in [3.63, 3.8) is 0 Å². The fourth-order valence-electron chi connectivity index (χ4n) is 2.15. The Labute approximate surface area is 169 Å². The predicted octanol–water partition coefficient (Wildman–Crippen LogP) is 1.63. The van der Waals surface area contributed by atoms with Crippen LogP contribution in [-0.2, 0) is 27.5 Å². The second-order valence-corrected chi connectivity index (χ2v) is 7.32. The molecule has 2 amide bonds. The standard InChI is InChI=1S/C17H21BrN4O4S/c1-26-7-6-19-15(24)9-22-14(10-23)8-20-17(22)27-11-16(25)21-13-4-2-12(18)3-5-13/h2-5,8,23H,6-7,9-11H2,1H3,(H,19,24)(H,21,25). The lowest BCUT2D eigenvalue weighted by molar-refractivity contribution is -0.122. The first-order valence-electron chi connectivity index (χ1n) is 8.12. The molecule has 0 saturated carbocycles. The Hall–Kier alpha value is -1.88. The van der Waals surface area contributed by atoms with E-state index in [0.29, 0.717) is 29.7 Å². The van der Waals surface area contributed by atoms with Crippen LogP contribution in [0.25, 0.3) is 0 Å². The summed E-state index contributed by atoms with van der Waals surface area (Å²) in [6.45, 7) is 0.581. The number of methoxy groups -OCH3 is 1. The molecule has 0 radical (unpaired) electrons. The molecular formula is C17H21BrN4O4S. The maximum absolute atomic E-state index is 12.1. The van der Waals surface area contributed by atoms with Crippen LogP contribution in [0.15, 0.2) is 40.1 Å². The summed E-state index contributed by atoms with van der Waals surface area (Å²) in [5.41, 5.74) is 1.20. The van der Waals surface area contributed by atoms with Crippen LogP contribution in [-0.4, -0.2) is 52.5 Å². The molecule has 0 fully saturated rings. The highest BCUT2D eigenvalue weighted by Crippen LogP contribution is 2.20. The summed E-state index contributed by atoms with van der Waals surface area (Å²) in [7, 11) is 1.56. The van der Waals surface area contributed by atoms with Crippen LogP contribution in [0.1, 0.15) is 5.69 Å². The molecule has 10 heteroatoms. The van der Waals surface area contributed by atoms with Crippen molar-refractivity contribution in [3.8, 4) is 0 Å². The largest absolute Gasteiger partial charge is 0.390 e. The lowest BCUT2D eigenvalue weighted by Gasteiger charge is -2.11. The van der Waals surface area contributed by atoms with Gasteiger partial charge in [0, 0.05) is 23.8 Å². The highest BCUT2D eigenvalue weighted by atomic mass is 79.9. The second kappa shape index (κ2) is 11.1. The summed E-state index contributed by atoms with van der Waals surface area (Å²) < 4.78 is 7.42. The number of benzene rings is 1. The van der Waals surface area contributed by atoms with E-state index in [1.54, 1.807) is 23.8 Å². The number of aromatic nitrogens is 2. The Morgan fingerprint density at radius 1 is 1.30 bits per heavy atom. The fourth-order valence-corrected chi connectivity index (χ4v) is 3.22. The van der Waals surface area contributed by atoms with Crippen LogP contribution in [0.5, 0.6) is 0 Å². The normalized spacial score (nSPS) is 10.6. The van der Waals surface area contributed by atoms with Crippen molar-refractivity contribution < 1.29 is 19.4 Å². The molecule has 1 aromatic heterocycles. The molecule has 0 aliphatic rings. The van der Waals surface area contributed by atoms with Crippen LogP contribution >= 0.6 is 27.7 Å². The number of nitrogens with one attached hydrogen (secondary N) is 2. The van der Waals surface area contributed by atoms with Gasteiger partial charge in [-0.3, -0.25) is 9.59 Å². The van der Waals surface area contributed by atoms with Crippen molar-refractivity contribution in [2.24, 2.45) is 0 Å². The average Bonchev–Trinajstić information content (AvgIpc) is 3.03. The molecule has 1 heterocycles. The van der Waals surface area contributed by atoms with Crippen LogP contribution < -0.4 is 10.6 Å². The lowest BCUT2D eigenvalue weighted by Crippen LogP contribution is -2.31. The average molecular weight is 457 g/mol. The van der Waals surface area contributed by atoms with Crippen LogP contribution in [0, 0.1) is 0 Å². The molecule has 0 aliphatic carbocycles. The first kappa shape index (κ1) is 21.4. The van der Waals surface area contributed by atoms with Gasteiger partial charge in [-0.2, -0.15) is 0 Å². The number of amides is 2. The van der Waals surface area contributed by atoms with Gasteiger partial charge >= 0.3 is 0 Å². The van der Waals surface area contributed by atoms with Crippen LogP contribution in [0.2, 0.25) is 0 Å². The number of aliphatic hydroxyl groups is 1. The van der Waals surface area contributed by atoms with E-state index in [-0.39, 0.29) is 30.7 Å². The highest BCUT2D eigenvalue weighted by Gasteiger charge is 2.15. The molecule has 0 unspecified atom stereocenters. The minimum Gasteiger partial charge on any atom is -0.390 e. The summed E-state index contributed by atoms with van der Waals surface area (Å²) in [6, 6.07) is 7.26. The number of rotatable bonds is 10. The summed E-state index contributed by atoms with van der Waals surface area (Å²) in [5, 5.41) is 15.5. The smallest absolute Gasteiger partial charge is 0.240 e. The van der Waals surface area contributed by atoms with Crippen molar-refractivity contribution in [3.05, 3.63) is 40.6 Å². The molecule has 0 bridgehead atoms. The van der Waals surface area contributed by atoms with E-state index in [9.17, 15) is 14.7 Å². The first-order chi connectivity index (χ1) is 13.0. The van der Waals surface area contributed by atoms with Crippen molar-refractivity contribution in [2.45, 2.75) is 18.3 Å². The molecule has 0 atom stereocenters. The van der Waals surface area contributed by atoms with Gasteiger partial charge in [0.15, 0.2) is 5.16 Å². The number of halogens is 1. The van der Waals surface area contributed by atoms with Gasteiger partial charge in [0.05, 0.1) is 30.9 Å². The molecule has 1 aromatic carbocycles. The van der Waals surface area contributed by atoms with Crippen molar-refractivity contribution in [1.29, 1.82) is 0 Å². The number of imidazole rings is 1. The van der Waals surface area contributed by atoms with Gasteiger partial charge in [0.1, 0.15) is 6.54 Å². The molecule has 0 spiro atoms. The van der Waals surface area contributed by atoms with Gasteiger partial charge in [-0.05, 0) is 24.3 Å². The van der Waals surface area contributed by atoms with Crippen LogP contribution in [0.3, 0.4) is 0 Å². The number of carbonyl (C=O) groups excluding carboxylic acids is 2. The van der Waals surface area contributed by atoms with Gasteiger partial charge in [-0.25, -0.2) is 4.98 Å². The number of anilines is 1. The molecule has 0 saturated heterocycles. The van der Waals surface area contributed by atoms with E-state index in [4.69, 9.17) is 4.74 Å². The minimum atomic E-state index is -0.246. The molecule has 146 valence electrons. The van der Waals surface area contributed by atoms with E-state index in [1.165, 1.54) is 18.0 Å². The first-order valence-corrected chi connectivity index (χ1v) is 9.90. The molecule has 2 aromatic rings. The monoisotopic (exact) mass is 456 g/mol. The Balaban J connectivity index is 1.93. The second-order valence-electron chi connectivity index (χ2n) is 5.46. The van der Waals surface area contributed by atoms with Gasteiger partial charge in [-0.1, -0.05) is 27.7 Å². The number of thioether (sulfide) groups is 1. The summed E-state index contributed by atoms with van der Waals surface area (Å²) in [6.07, 6.45) is 1.50. The van der Waals surface area contributed by atoms with E-state index in [2.05, 4.69) is 31.5 Å². The molecule has 8 nitrogen and oxygen atoms in total. The predicted molar refractivity (Wildman–Crippen MR) is 107 cm³/mol. The Morgan fingerprint density at radius 3 is 2.70 bits per heavy atom. The third-order valence-corrected chi connectivity index (χ3v) is 4.97. The fraction of sp³-hybridized carbons (Fsp3) is 0.353. The Kier molecular flexibility index (Phi) is 8.79. The van der Waals surface area contributed by atoms with Crippen LogP contribution in [0.4, 0.5) is 5.69 Å². The number of hydrogen-bond donors (Lipinski definition) is 3. The molecular weight excluding hydrogens is 436 g/mol. The van der Waals surface area contributed by atoms with Crippen molar-refractivity contribution in [2.75, 3.05) is 31.3 Å². The third kappa shape index (κ3) is 6.98. The van der Waals surface area contributed by atoms with Gasteiger partial charge < -0.3 is 25.0 Å². The van der Waals surface area contributed by atoms with Crippen molar-refractivity contribution in [1.82, 2.24) is 14.9 Å². The van der Waals surface area contributed by atoms with Gasteiger partial charge in [0.25, 0.3) is 0 Å². The zero-order chi connectivity index (χ0) is 19.6. The maximum atomic E-state index is 12.1. The number of aliphatic hydroxyl groups excluding tert-OH is 1. The highest BCUT2D eigenvalue weighted by molar-refractivity contribution is 9.10. The SMILES string of the molecule is COCCNC(=O)Cn1c(CO)cnc1SCC(=O)Nc1ccc(Br)cc1. The molecule has 3 N–H and O–H groups in total. The minimum absolute atomic E-state index is 0.0102. The molecule has 2 rings (SSSR count). The summed E-state index contributed by atoms with van der Waals surface area (Å²) in [4.78, 5) is 28.4. The summed E-state index contributed by atoms with van der Waals surface area (Å²) in [5.74, 6) is -0.281. The quantitative estimate of drug-likeness (QED) is 0.370. The maximum Gasteiger partial charge on any atom is 0.240 e. The Morgan fingerprint density at radius 2 is 2.04 bits per heavy atom. The van der Waals surface area contributed by atoms with E-state index in [1.807, 2.05) is 12.1 Å².